The van der Waals surface area contributed by atoms with Crippen LogP contribution in [0, 0.1) is 26.0 Å². The Hall–Kier alpha value is -3.30. The number of hydrogen-bond acceptors (Lipinski definition) is 4. The monoisotopic (exact) mass is 735 g/mol. The van der Waals surface area contributed by atoms with Crippen molar-refractivity contribution in [2.24, 2.45) is 4.99 Å². The van der Waals surface area contributed by atoms with Crippen molar-refractivity contribution < 1.29 is 25.8 Å². The van der Waals surface area contributed by atoms with Gasteiger partial charge in [-0.3, -0.25) is 4.99 Å². The molecular weight excluding hydrogens is 700 g/mol. The average molecular weight is 736 g/mol. The summed E-state index contributed by atoms with van der Waals surface area (Å²) in [5.74, 6) is 0.680. The van der Waals surface area contributed by atoms with E-state index in [1.807, 2.05) is 13.1 Å². The summed E-state index contributed by atoms with van der Waals surface area (Å²) in [7, 11) is 0. The van der Waals surface area contributed by atoms with Crippen LogP contribution in [0.3, 0.4) is 0 Å². The van der Waals surface area contributed by atoms with Crippen LogP contribution < -0.4 is 0 Å². The van der Waals surface area contributed by atoms with Crippen LogP contribution in [0.4, 0.5) is 0 Å². The smallest absolute Gasteiger partial charge is 0.514 e. The van der Waals surface area contributed by atoms with E-state index in [0.717, 1.165) is 63.2 Å². The van der Waals surface area contributed by atoms with Gasteiger partial charge in [-0.2, -0.15) is 0 Å². The second-order valence-electron chi connectivity index (χ2n) is 12.9. The van der Waals surface area contributed by atoms with Gasteiger partial charge in [0.15, 0.2) is 0 Å². The third-order valence-electron chi connectivity index (χ3n) is 8.91. The average Bonchev–Trinajstić information content (AvgIpc) is 3.47. The van der Waals surface area contributed by atoms with Gasteiger partial charge in [0.2, 0.25) is 0 Å². The molecule has 0 radical (unpaired) electrons. The number of para-hydroxylation sites is 1. The van der Waals surface area contributed by atoms with Crippen molar-refractivity contribution in [1.82, 2.24) is 14.5 Å². The first-order valence-electron chi connectivity index (χ1n) is 14.7. The molecule has 3 aromatic heterocycles. The van der Waals surface area contributed by atoms with Crippen LogP contribution in [0.25, 0.3) is 38.8 Å². The molecule has 0 bridgehead atoms. The van der Waals surface area contributed by atoms with Gasteiger partial charge in [-0.15, -0.1) is 29.8 Å². The first-order chi connectivity index (χ1) is 19.6. The van der Waals surface area contributed by atoms with E-state index in [4.69, 9.17) is 19.7 Å². The van der Waals surface area contributed by atoms with E-state index in [1.54, 1.807) is 0 Å². The molecular formula is C36H36N4OPt. The largest absolute Gasteiger partial charge is 2.00 e. The van der Waals surface area contributed by atoms with E-state index in [2.05, 4.69) is 99.8 Å². The third kappa shape index (κ3) is 4.71. The molecule has 1 aliphatic carbocycles. The summed E-state index contributed by atoms with van der Waals surface area (Å²) in [5.41, 5.74) is 8.63. The van der Waals surface area contributed by atoms with Gasteiger partial charge in [-0.25, -0.2) is 0 Å². The van der Waals surface area contributed by atoms with Gasteiger partial charge in [0, 0.05) is 11.7 Å². The Bertz CT molecular complexity index is 1860. The molecule has 0 unspecified atom stereocenters. The Morgan fingerprint density at radius 2 is 1.79 bits per heavy atom. The number of aliphatic imine (C=N–C) groups is 1. The molecule has 1 saturated carbocycles. The topological polar surface area (TPSA) is 52.3 Å². The molecule has 5 nitrogen and oxygen atoms in total. The molecule has 0 saturated heterocycles. The van der Waals surface area contributed by atoms with Gasteiger partial charge >= 0.3 is 21.1 Å². The van der Waals surface area contributed by atoms with Crippen molar-refractivity contribution in [2.75, 3.05) is 0 Å². The molecule has 42 heavy (non-hydrogen) atoms. The predicted molar refractivity (Wildman–Crippen MR) is 166 cm³/mol. The SMILES string of the molecule is Cc1nc(C)c(-n2c3[c-]c(-c4cc(C(C)(C)C)ccn4)ccc3c3ccccc32)[c-]c1C1=N[C@@]2(C)CCCC[C@@H]2O1.[Pt+2]. The Morgan fingerprint density at radius 1 is 0.976 bits per heavy atom. The van der Waals surface area contributed by atoms with E-state index in [-0.39, 0.29) is 38.1 Å². The summed E-state index contributed by atoms with van der Waals surface area (Å²) in [6.07, 6.45) is 6.52. The van der Waals surface area contributed by atoms with Gasteiger partial charge in [0.25, 0.3) is 0 Å². The van der Waals surface area contributed by atoms with Crippen LogP contribution in [-0.2, 0) is 31.2 Å². The molecule has 1 aliphatic heterocycles. The summed E-state index contributed by atoms with van der Waals surface area (Å²) >= 11 is 0. The fourth-order valence-electron chi connectivity index (χ4n) is 6.51. The minimum atomic E-state index is -0.164. The number of pyridine rings is 2. The van der Waals surface area contributed by atoms with E-state index < -0.39 is 0 Å². The number of nitrogens with zero attached hydrogens (tertiary/aromatic N) is 4. The van der Waals surface area contributed by atoms with Crippen LogP contribution in [0.5, 0.6) is 0 Å². The van der Waals surface area contributed by atoms with E-state index in [0.29, 0.717) is 5.90 Å². The summed E-state index contributed by atoms with van der Waals surface area (Å²) in [5, 5.41) is 2.31. The molecule has 2 atom stereocenters. The molecule has 2 aromatic carbocycles. The summed E-state index contributed by atoms with van der Waals surface area (Å²) in [6.45, 7) is 13.0. The Balaban J connectivity index is 0.00000316. The number of benzene rings is 2. The maximum absolute atomic E-state index is 6.49. The number of aryl methyl sites for hydroxylation is 2. The molecule has 5 aromatic rings. The molecule has 0 N–H and O–H groups in total. The minimum absolute atomic E-state index is 0. The summed E-state index contributed by atoms with van der Waals surface area (Å²) < 4.78 is 8.74. The molecule has 6 heteroatoms. The number of ether oxygens (including phenoxy) is 1. The molecule has 1 fully saturated rings. The van der Waals surface area contributed by atoms with Crippen molar-refractivity contribution in [3.63, 3.8) is 0 Å². The first-order valence-corrected chi connectivity index (χ1v) is 14.7. The fraction of sp³-hybridized carbons (Fsp3) is 0.361. The Kier molecular flexibility index (Phi) is 7.17. The van der Waals surface area contributed by atoms with Gasteiger partial charge in [0.1, 0.15) is 12.0 Å². The molecule has 216 valence electrons. The normalized spacial score (nSPS) is 20.2. The molecule has 0 amide bonds. The van der Waals surface area contributed by atoms with Gasteiger partial charge in [0.05, 0.1) is 5.54 Å². The van der Waals surface area contributed by atoms with Crippen molar-refractivity contribution in [2.45, 2.75) is 84.3 Å². The van der Waals surface area contributed by atoms with Crippen LogP contribution in [0.15, 0.2) is 59.7 Å². The molecule has 0 spiro atoms. The van der Waals surface area contributed by atoms with Crippen LogP contribution in [0.2, 0.25) is 0 Å². The van der Waals surface area contributed by atoms with E-state index in [9.17, 15) is 0 Å². The quantitative estimate of drug-likeness (QED) is 0.176. The maximum atomic E-state index is 6.49. The second kappa shape index (κ2) is 10.5. The summed E-state index contributed by atoms with van der Waals surface area (Å²) in [6, 6.07) is 24.6. The van der Waals surface area contributed by atoms with Crippen LogP contribution >= 0.6 is 0 Å². The maximum Gasteiger partial charge on any atom is 2.00 e. The zero-order valence-corrected chi connectivity index (χ0v) is 27.4. The van der Waals surface area contributed by atoms with Gasteiger partial charge < -0.3 is 19.3 Å². The number of hydrogen-bond donors (Lipinski definition) is 0. The molecule has 7 rings (SSSR count). The van der Waals surface area contributed by atoms with E-state index in [1.165, 1.54) is 23.8 Å². The number of rotatable bonds is 3. The molecule has 4 heterocycles. The van der Waals surface area contributed by atoms with Crippen molar-refractivity contribution in [1.29, 1.82) is 0 Å². The standard InChI is InChI=1S/C36H36N4O.Pt/c1-22-28(34-39-36(6)17-10-9-13-33(36)41-34)21-31(23(2)38-22)40-30-12-8-7-11-26(30)27-15-14-24(19-32(27)40)29-20-25(16-18-37-29)35(3,4)5;/h7-8,11-12,14-16,18,20,33H,9-10,13,17H2,1-6H3;/q-2;+2/t33-,36-;/m0./s1. The minimum Gasteiger partial charge on any atom is -0.514 e. The summed E-state index contributed by atoms with van der Waals surface area (Å²) in [4.78, 5) is 14.9. The predicted octanol–water partition coefficient (Wildman–Crippen LogP) is 8.23. The van der Waals surface area contributed by atoms with Crippen molar-refractivity contribution in [3.8, 4) is 16.9 Å². The van der Waals surface area contributed by atoms with Gasteiger partial charge in [-0.05, 0) is 83.0 Å². The third-order valence-corrected chi connectivity index (χ3v) is 8.91. The zero-order valence-electron chi connectivity index (χ0n) is 25.1. The number of fused-ring (bicyclic) bond motifs is 4. The van der Waals surface area contributed by atoms with Gasteiger partial charge in [-0.1, -0.05) is 76.3 Å². The first kappa shape index (κ1) is 28.8. The molecule has 2 aliphatic rings. The number of aromatic nitrogens is 3. The van der Waals surface area contributed by atoms with Crippen LogP contribution in [0.1, 0.15) is 75.9 Å². The second-order valence-corrected chi connectivity index (χ2v) is 12.9. The van der Waals surface area contributed by atoms with Crippen molar-refractivity contribution >= 4 is 27.7 Å². The zero-order chi connectivity index (χ0) is 28.5. The van der Waals surface area contributed by atoms with Crippen molar-refractivity contribution in [3.05, 3.63) is 89.4 Å². The fourth-order valence-corrected chi connectivity index (χ4v) is 6.51. The van der Waals surface area contributed by atoms with E-state index >= 15 is 0 Å². The Labute approximate surface area is 262 Å². The van der Waals surface area contributed by atoms with Crippen LogP contribution in [-0.4, -0.2) is 32.1 Å². The Morgan fingerprint density at radius 3 is 2.57 bits per heavy atom.